The Morgan fingerprint density at radius 2 is 1.80 bits per heavy atom. The minimum atomic E-state index is -0.385. The summed E-state index contributed by atoms with van der Waals surface area (Å²) in [6.45, 7) is 4.86. The van der Waals surface area contributed by atoms with Gasteiger partial charge in [0.1, 0.15) is 11.6 Å². The molecule has 1 amide bonds. The lowest BCUT2D eigenvalue weighted by Crippen LogP contribution is -2.38. The third-order valence-electron chi connectivity index (χ3n) is 5.72. The van der Waals surface area contributed by atoms with E-state index in [0.717, 1.165) is 11.3 Å². The van der Waals surface area contributed by atoms with E-state index in [1.807, 2.05) is 24.3 Å². The molecule has 0 saturated carbocycles. The van der Waals surface area contributed by atoms with Crippen molar-refractivity contribution in [1.82, 2.24) is 5.32 Å². The molecule has 1 heterocycles. The molecule has 1 aliphatic heterocycles. The molecule has 2 unspecified atom stereocenters. The molecule has 30 heavy (non-hydrogen) atoms. The number of ketones is 1. The maximum absolute atomic E-state index is 13.7. The summed E-state index contributed by atoms with van der Waals surface area (Å²) in [5.74, 6) is 0.413. The Kier molecular flexibility index (Phi) is 5.71. The summed E-state index contributed by atoms with van der Waals surface area (Å²) in [5, 5.41) is 2.91. The molecule has 2 aromatic rings. The van der Waals surface area contributed by atoms with Crippen LogP contribution in [0.3, 0.4) is 0 Å². The molecule has 4 rings (SSSR count). The van der Waals surface area contributed by atoms with Gasteiger partial charge in [-0.05, 0) is 53.6 Å². The van der Waals surface area contributed by atoms with Crippen LogP contribution in [0.4, 0.5) is 4.39 Å². The van der Waals surface area contributed by atoms with Crippen LogP contribution in [-0.2, 0) is 9.59 Å². The summed E-state index contributed by atoms with van der Waals surface area (Å²) in [7, 11) is 0. The zero-order valence-corrected chi connectivity index (χ0v) is 17.3. The van der Waals surface area contributed by atoms with Crippen molar-refractivity contribution in [2.24, 2.45) is 5.92 Å². The quantitative estimate of drug-likeness (QED) is 0.770. The van der Waals surface area contributed by atoms with E-state index in [0.29, 0.717) is 42.2 Å². The zero-order chi connectivity index (χ0) is 21.3. The third kappa shape index (κ3) is 4.30. The number of carbonyl (C=O) groups excluding carboxylic acids is 2. The first kappa shape index (κ1) is 20.3. The number of rotatable bonds is 5. The molecule has 0 saturated heterocycles. The van der Waals surface area contributed by atoms with Gasteiger partial charge in [-0.15, -0.1) is 0 Å². The smallest absolute Gasteiger partial charge is 0.225 e. The van der Waals surface area contributed by atoms with Gasteiger partial charge in [0, 0.05) is 30.0 Å². The van der Waals surface area contributed by atoms with Crippen molar-refractivity contribution in [3.05, 3.63) is 76.7 Å². The highest BCUT2D eigenvalue weighted by Gasteiger charge is 2.38. The average molecular weight is 407 g/mol. The van der Waals surface area contributed by atoms with Gasteiger partial charge in [-0.2, -0.15) is 0 Å². The second-order valence-electron chi connectivity index (χ2n) is 8.55. The molecule has 5 heteroatoms. The molecular formula is C25H26FNO3. The fraction of sp³-hybridized carbons (Fsp3) is 0.360. The largest absolute Gasteiger partial charge is 0.493 e. The van der Waals surface area contributed by atoms with Gasteiger partial charge in [0.2, 0.25) is 5.91 Å². The third-order valence-corrected chi connectivity index (χ3v) is 5.72. The Labute approximate surface area is 176 Å². The normalized spacial score (nSPS) is 21.5. The Hall–Kier alpha value is -2.95. The highest BCUT2D eigenvalue weighted by atomic mass is 19.1. The number of hydrogen-bond acceptors (Lipinski definition) is 3. The molecule has 0 bridgehead atoms. The lowest BCUT2D eigenvalue weighted by Gasteiger charge is -2.34. The van der Waals surface area contributed by atoms with Crippen molar-refractivity contribution >= 4 is 11.7 Å². The van der Waals surface area contributed by atoms with E-state index >= 15 is 0 Å². The maximum Gasteiger partial charge on any atom is 0.225 e. The van der Waals surface area contributed by atoms with E-state index in [-0.39, 0.29) is 35.8 Å². The van der Waals surface area contributed by atoms with Gasteiger partial charge < -0.3 is 10.1 Å². The Balaban J connectivity index is 1.58. The number of hydrogen-bond donors (Lipinski definition) is 1. The minimum absolute atomic E-state index is 0.00181. The van der Waals surface area contributed by atoms with Gasteiger partial charge in [-0.25, -0.2) is 4.39 Å². The molecular weight excluding hydrogens is 381 g/mol. The van der Waals surface area contributed by atoms with Crippen molar-refractivity contribution < 1.29 is 18.7 Å². The summed E-state index contributed by atoms with van der Waals surface area (Å²) >= 11 is 0. The van der Waals surface area contributed by atoms with Gasteiger partial charge in [0.05, 0.1) is 6.61 Å². The number of halogens is 1. The lowest BCUT2D eigenvalue weighted by molar-refractivity contribution is -0.122. The number of nitrogens with one attached hydrogen (secondary N) is 1. The van der Waals surface area contributed by atoms with Gasteiger partial charge in [0.15, 0.2) is 5.78 Å². The standard InChI is InChI=1S/C25H26FNO3/c1-15(2)14-30-20-8-6-16(7-9-20)18-11-22-25(23(28)12-18)21(13-24(29)27-22)17-4-3-5-19(26)10-17/h3-10,15,18,21H,11-14H2,1-2H3,(H,27,29). The first-order valence-corrected chi connectivity index (χ1v) is 10.4. The molecule has 1 aliphatic carbocycles. The fourth-order valence-electron chi connectivity index (χ4n) is 4.30. The van der Waals surface area contributed by atoms with Crippen molar-refractivity contribution in [2.45, 2.75) is 44.9 Å². The molecule has 0 aromatic heterocycles. The number of amides is 1. The second kappa shape index (κ2) is 8.42. The predicted molar refractivity (Wildman–Crippen MR) is 113 cm³/mol. The van der Waals surface area contributed by atoms with Crippen LogP contribution < -0.4 is 10.1 Å². The van der Waals surface area contributed by atoms with E-state index in [2.05, 4.69) is 19.2 Å². The summed E-state index contributed by atoms with van der Waals surface area (Å²) in [4.78, 5) is 25.4. The van der Waals surface area contributed by atoms with Gasteiger partial charge in [-0.3, -0.25) is 9.59 Å². The van der Waals surface area contributed by atoms with Crippen LogP contribution in [0, 0.1) is 11.7 Å². The SMILES string of the molecule is CC(C)COc1ccc(C2CC(=O)C3=C(C2)NC(=O)CC3c2cccc(F)c2)cc1. The van der Waals surface area contributed by atoms with Crippen LogP contribution in [0.25, 0.3) is 0 Å². The molecule has 1 N–H and O–H groups in total. The Bertz CT molecular complexity index is 994. The summed E-state index contributed by atoms with van der Waals surface area (Å²) < 4.78 is 19.5. The number of allylic oxidation sites excluding steroid dienone is 2. The molecule has 4 nitrogen and oxygen atoms in total. The van der Waals surface area contributed by atoms with Crippen molar-refractivity contribution in [3.8, 4) is 5.75 Å². The van der Waals surface area contributed by atoms with E-state index in [1.165, 1.54) is 12.1 Å². The van der Waals surface area contributed by atoms with E-state index in [9.17, 15) is 14.0 Å². The van der Waals surface area contributed by atoms with Crippen molar-refractivity contribution in [1.29, 1.82) is 0 Å². The molecule has 2 aliphatic rings. The first-order valence-electron chi connectivity index (χ1n) is 10.4. The Morgan fingerprint density at radius 1 is 1.03 bits per heavy atom. The van der Waals surface area contributed by atoms with Crippen molar-refractivity contribution in [3.63, 3.8) is 0 Å². The predicted octanol–water partition coefficient (Wildman–Crippen LogP) is 4.86. The Morgan fingerprint density at radius 3 is 2.50 bits per heavy atom. The maximum atomic E-state index is 13.7. The fourth-order valence-corrected chi connectivity index (χ4v) is 4.30. The van der Waals surface area contributed by atoms with Crippen LogP contribution in [0.1, 0.15) is 56.1 Å². The van der Waals surface area contributed by atoms with Gasteiger partial charge in [-0.1, -0.05) is 38.1 Å². The molecule has 0 fully saturated rings. The van der Waals surface area contributed by atoms with E-state index < -0.39 is 0 Å². The topological polar surface area (TPSA) is 55.4 Å². The molecule has 0 spiro atoms. The van der Waals surface area contributed by atoms with Crippen molar-refractivity contribution in [2.75, 3.05) is 6.61 Å². The number of Topliss-reactive ketones (excluding diaryl/α,β-unsaturated/α-hetero) is 1. The monoisotopic (exact) mass is 407 g/mol. The lowest BCUT2D eigenvalue weighted by atomic mass is 9.73. The highest BCUT2D eigenvalue weighted by Crippen LogP contribution is 2.42. The molecule has 2 aromatic carbocycles. The molecule has 2 atom stereocenters. The average Bonchev–Trinajstić information content (AvgIpc) is 2.71. The second-order valence-corrected chi connectivity index (χ2v) is 8.55. The van der Waals surface area contributed by atoms with Crippen LogP contribution in [0.15, 0.2) is 59.8 Å². The van der Waals surface area contributed by atoms with Gasteiger partial charge in [0.25, 0.3) is 0 Å². The van der Waals surface area contributed by atoms with E-state index in [4.69, 9.17) is 4.74 Å². The number of carbonyl (C=O) groups is 2. The van der Waals surface area contributed by atoms with Gasteiger partial charge >= 0.3 is 0 Å². The van der Waals surface area contributed by atoms with Crippen LogP contribution in [0.5, 0.6) is 5.75 Å². The molecule has 156 valence electrons. The number of ether oxygens (including phenoxy) is 1. The first-order chi connectivity index (χ1) is 14.4. The summed E-state index contributed by atoms with van der Waals surface area (Å²) in [5.41, 5.74) is 3.04. The summed E-state index contributed by atoms with van der Waals surface area (Å²) in [6, 6.07) is 14.0. The van der Waals surface area contributed by atoms with Crippen LogP contribution in [-0.4, -0.2) is 18.3 Å². The molecule has 0 radical (unpaired) electrons. The highest BCUT2D eigenvalue weighted by molar-refractivity contribution is 6.02. The number of benzene rings is 2. The van der Waals surface area contributed by atoms with Crippen LogP contribution in [0.2, 0.25) is 0 Å². The minimum Gasteiger partial charge on any atom is -0.493 e. The van der Waals surface area contributed by atoms with Crippen LogP contribution >= 0.6 is 0 Å². The van der Waals surface area contributed by atoms with E-state index in [1.54, 1.807) is 12.1 Å². The summed E-state index contributed by atoms with van der Waals surface area (Å²) in [6.07, 6.45) is 1.14. The zero-order valence-electron chi connectivity index (χ0n) is 17.3.